The predicted molar refractivity (Wildman–Crippen MR) is 194 cm³/mol. The van der Waals surface area contributed by atoms with Gasteiger partial charge in [0, 0.05) is 16.1 Å². The quantitative estimate of drug-likeness (QED) is 0.0690. The highest BCUT2D eigenvalue weighted by molar-refractivity contribution is 7.08. The summed E-state index contributed by atoms with van der Waals surface area (Å²) in [5.41, 5.74) is 6.10. The number of pyridine rings is 1. The SMILES string of the molecule is CC(C)(C#CC(=O)c1cscn1)O[Si](C)(C)C.CC1(C)OC(c2cscn2)=C(c2ccc(OCc3ccc4ccccc4n3)cc2)C1=O. The third-order valence-electron chi connectivity index (χ3n) is 6.91. The molecule has 0 spiro atoms. The van der Waals surface area contributed by atoms with Crippen LogP contribution < -0.4 is 4.74 Å². The first kappa shape index (κ1) is 34.9. The Morgan fingerprint density at radius 3 is 2.33 bits per heavy atom. The third-order valence-corrected chi connectivity index (χ3v) is 9.21. The number of fused-ring (bicyclic) bond motifs is 1. The minimum Gasteiger partial charge on any atom is -0.487 e. The van der Waals surface area contributed by atoms with Gasteiger partial charge < -0.3 is 13.9 Å². The third kappa shape index (κ3) is 8.90. The summed E-state index contributed by atoms with van der Waals surface area (Å²) in [5.74, 6) is 6.42. The molecule has 246 valence electrons. The number of hydrogen-bond acceptors (Lipinski definition) is 10. The van der Waals surface area contributed by atoms with E-state index in [0.29, 0.717) is 35.1 Å². The van der Waals surface area contributed by atoms with Crippen LogP contribution in [0.15, 0.2) is 82.4 Å². The summed E-state index contributed by atoms with van der Waals surface area (Å²) in [6, 6.07) is 19.5. The molecule has 6 rings (SSSR count). The molecule has 0 bridgehead atoms. The Hall–Kier alpha value is -4.47. The highest BCUT2D eigenvalue weighted by Gasteiger charge is 2.43. The summed E-state index contributed by atoms with van der Waals surface area (Å²) in [6.45, 7) is 14.0. The molecule has 0 saturated heterocycles. The van der Waals surface area contributed by atoms with Crippen LogP contribution in [0.5, 0.6) is 5.75 Å². The first-order chi connectivity index (χ1) is 22.7. The minimum absolute atomic E-state index is 0.0514. The zero-order chi connectivity index (χ0) is 34.5. The van der Waals surface area contributed by atoms with Gasteiger partial charge in [-0.15, -0.1) is 22.7 Å². The summed E-state index contributed by atoms with van der Waals surface area (Å²) in [7, 11) is -1.66. The average molecular weight is 696 g/mol. The van der Waals surface area contributed by atoms with Crippen LogP contribution in [0, 0.1) is 11.8 Å². The van der Waals surface area contributed by atoms with Crippen molar-refractivity contribution in [1.29, 1.82) is 0 Å². The lowest BCUT2D eigenvalue weighted by Crippen LogP contribution is -2.37. The van der Waals surface area contributed by atoms with Gasteiger partial charge >= 0.3 is 0 Å². The lowest BCUT2D eigenvalue weighted by molar-refractivity contribution is -0.125. The molecule has 48 heavy (non-hydrogen) atoms. The Kier molecular flexibility index (Phi) is 10.4. The fourth-order valence-electron chi connectivity index (χ4n) is 4.97. The van der Waals surface area contributed by atoms with E-state index in [1.807, 2.05) is 79.9 Å². The number of carbonyl (C=O) groups is 2. The molecule has 0 N–H and O–H groups in total. The second kappa shape index (κ2) is 14.3. The van der Waals surface area contributed by atoms with Gasteiger partial charge in [-0.05, 0) is 83.1 Å². The van der Waals surface area contributed by atoms with Gasteiger partial charge in [0.2, 0.25) is 5.78 Å². The average Bonchev–Trinajstić information content (AvgIpc) is 3.81. The van der Waals surface area contributed by atoms with Gasteiger partial charge in [0.05, 0.1) is 27.8 Å². The molecule has 8 nitrogen and oxygen atoms in total. The van der Waals surface area contributed by atoms with Crippen LogP contribution in [0.3, 0.4) is 0 Å². The Bertz CT molecular complexity index is 2000. The van der Waals surface area contributed by atoms with Gasteiger partial charge in [-0.3, -0.25) is 9.59 Å². The normalized spacial score (nSPS) is 14.1. The van der Waals surface area contributed by atoms with Crippen molar-refractivity contribution in [3.05, 3.63) is 105 Å². The second-order valence-corrected chi connectivity index (χ2v) is 18.9. The predicted octanol–water partition coefficient (Wildman–Crippen LogP) is 8.48. The van der Waals surface area contributed by atoms with Crippen molar-refractivity contribution in [3.63, 3.8) is 0 Å². The molecule has 0 saturated carbocycles. The number of hydrogen-bond donors (Lipinski definition) is 0. The van der Waals surface area contributed by atoms with Crippen LogP contribution in [-0.2, 0) is 20.6 Å². The summed E-state index contributed by atoms with van der Waals surface area (Å²) in [4.78, 5) is 37.5. The van der Waals surface area contributed by atoms with E-state index in [9.17, 15) is 9.59 Å². The van der Waals surface area contributed by atoms with Crippen LogP contribution in [0.4, 0.5) is 0 Å². The van der Waals surface area contributed by atoms with Crippen LogP contribution in [-0.4, -0.2) is 46.0 Å². The highest BCUT2D eigenvalue weighted by atomic mass is 32.1. The molecule has 0 radical (unpaired) electrons. The molecule has 0 unspecified atom stereocenters. The number of thiazole rings is 2. The van der Waals surface area contributed by atoms with Gasteiger partial charge in [0.1, 0.15) is 29.3 Å². The maximum absolute atomic E-state index is 13.0. The van der Waals surface area contributed by atoms with E-state index >= 15 is 0 Å². The molecule has 11 heteroatoms. The van der Waals surface area contributed by atoms with Gasteiger partial charge in [0.25, 0.3) is 5.78 Å². The topological polar surface area (TPSA) is 100 Å². The van der Waals surface area contributed by atoms with Crippen molar-refractivity contribution in [1.82, 2.24) is 15.0 Å². The molecular weight excluding hydrogens is 659 g/mol. The lowest BCUT2D eigenvalue weighted by Gasteiger charge is -2.28. The Morgan fingerprint density at radius 2 is 1.67 bits per heavy atom. The van der Waals surface area contributed by atoms with Crippen LogP contribution in [0.2, 0.25) is 19.6 Å². The summed E-state index contributed by atoms with van der Waals surface area (Å²) in [6.07, 6.45) is 0. The molecule has 1 aliphatic rings. The molecule has 0 atom stereocenters. The molecule has 5 aromatic rings. The zero-order valence-corrected chi connectivity index (χ0v) is 30.6. The monoisotopic (exact) mass is 695 g/mol. The fraction of sp³-hybridized carbons (Fsp3) is 0.270. The standard InChI is InChI=1S/C25H20N2O3S.C12H17NO2SSi/c1-25(2)24(28)22(23(30-25)21-14-31-15-26-21)17-8-11-19(12-9-17)29-13-18-10-7-16-5-3-4-6-20(16)27-18;1-12(2,15-17(3,4)5)7-6-11(14)10-8-16-9-13-10/h3-12,14-15H,13H2,1-2H3;8-9H,1-5H3. The number of ether oxygens (including phenoxy) is 2. The van der Waals surface area contributed by atoms with Crippen LogP contribution in [0.1, 0.15) is 55.1 Å². The molecule has 0 amide bonds. The van der Waals surface area contributed by atoms with Gasteiger partial charge in [-0.25, -0.2) is 15.0 Å². The van der Waals surface area contributed by atoms with Crippen molar-refractivity contribution < 1.29 is 23.5 Å². The van der Waals surface area contributed by atoms with Gasteiger partial charge in [-0.1, -0.05) is 42.3 Å². The fourth-order valence-corrected chi connectivity index (χ4v) is 7.62. The van der Waals surface area contributed by atoms with E-state index in [2.05, 4.69) is 46.4 Å². The molecular formula is C37H37N3O5S2Si. The van der Waals surface area contributed by atoms with E-state index in [-0.39, 0.29) is 11.6 Å². The number of carbonyl (C=O) groups excluding carboxylic acids is 2. The van der Waals surface area contributed by atoms with Gasteiger partial charge in [0.15, 0.2) is 19.7 Å². The van der Waals surface area contributed by atoms with E-state index < -0.39 is 19.5 Å². The smallest absolute Gasteiger partial charge is 0.255 e. The Labute approximate surface area is 290 Å². The van der Waals surface area contributed by atoms with Crippen LogP contribution in [0.25, 0.3) is 22.2 Å². The molecule has 0 fully saturated rings. The van der Waals surface area contributed by atoms with Crippen molar-refractivity contribution in [2.24, 2.45) is 0 Å². The first-order valence-corrected chi connectivity index (χ1v) is 20.6. The van der Waals surface area contributed by atoms with Crippen molar-refractivity contribution in [3.8, 4) is 17.6 Å². The minimum atomic E-state index is -1.66. The number of benzene rings is 2. The van der Waals surface area contributed by atoms with E-state index in [4.69, 9.17) is 13.9 Å². The van der Waals surface area contributed by atoms with Gasteiger partial charge in [-0.2, -0.15) is 0 Å². The lowest BCUT2D eigenvalue weighted by atomic mass is 9.93. The molecule has 2 aromatic carbocycles. The Morgan fingerprint density at radius 1 is 0.958 bits per heavy atom. The largest absolute Gasteiger partial charge is 0.487 e. The molecule has 3 aromatic heterocycles. The number of para-hydroxylation sites is 1. The number of ketones is 2. The number of rotatable bonds is 8. The van der Waals surface area contributed by atoms with E-state index in [1.54, 1.807) is 30.2 Å². The summed E-state index contributed by atoms with van der Waals surface area (Å²) < 4.78 is 17.8. The summed E-state index contributed by atoms with van der Waals surface area (Å²) >= 11 is 2.86. The zero-order valence-electron chi connectivity index (χ0n) is 28.0. The van der Waals surface area contributed by atoms with Crippen molar-refractivity contribution in [2.75, 3.05) is 0 Å². The van der Waals surface area contributed by atoms with Crippen molar-refractivity contribution >= 4 is 64.8 Å². The van der Waals surface area contributed by atoms with Crippen molar-refractivity contribution in [2.45, 2.75) is 65.1 Å². The first-order valence-electron chi connectivity index (χ1n) is 15.3. The number of Topliss-reactive ketones (excluding diaryl/α,β-unsaturated/α-hetero) is 2. The number of aromatic nitrogens is 3. The molecule has 4 heterocycles. The maximum atomic E-state index is 13.0. The Balaban J connectivity index is 0.000000226. The van der Waals surface area contributed by atoms with E-state index in [0.717, 1.165) is 22.2 Å². The van der Waals surface area contributed by atoms with E-state index in [1.165, 1.54) is 22.7 Å². The molecule has 1 aliphatic heterocycles. The maximum Gasteiger partial charge on any atom is 0.255 e. The second-order valence-electron chi connectivity index (χ2n) is 13.0. The number of nitrogens with zero attached hydrogens (tertiary/aromatic N) is 3. The summed E-state index contributed by atoms with van der Waals surface area (Å²) in [5, 5.41) is 4.69. The highest BCUT2D eigenvalue weighted by Crippen LogP contribution is 2.41. The van der Waals surface area contributed by atoms with Crippen LogP contribution >= 0.6 is 22.7 Å². The molecule has 0 aliphatic carbocycles.